The van der Waals surface area contributed by atoms with Gasteiger partial charge in [-0.15, -0.1) is 0 Å². The van der Waals surface area contributed by atoms with Crippen LogP contribution in [0, 0.1) is 5.92 Å². The van der Waals surface area contributed by atoms with Gasteiger partial charge in [-0.25, -0.2) is 0 Å². The molecule has 2 nitrogen and oxygen atoms in total. The summed E-state index contributed by atoms with van der Waals surface area (Å²) in [5.41, 5.74) is 1.37. The van der Waals surface area contributed by atoms with Crippen LogP contribution in [0.1, 0.15) is 57.9 Å². The van der Waals surface area contributed by atoms with Gasteiger partial charge in [0.15, 0.2) is 0 Å². The largest absolute Gasteiger partial charge is 0.492 e. The van der Waals surface area contributed by atoms with Crippen molar-refractivity contribution in [2.45, 2.75) is 64.8 Å². The highest BCUT2D eigenvalue weighted by atomic mass is 16.5. The number of ether oxygens (including phenoxy) is 1. The highest BCUT2D eigenvalue weighted by Crippen LogP contribution is 2.27. The number of hydrogen-bond donors (Lipinski definition) is 1. The van der Waals surface area contributed by atoms with Crippen molar-refractivity contribution in [2.75, 3.05) is 13.2 Å². The van der Waals surface area contributed by atoms with E-state index < -0.39 is 0 Å². The van der Waals surface area contributed by atoms with Crippen LogP contribution in [0.5, 0.6) is 5.75 Å². The van der Waals surface area contributed by atoms with Crippen LogP contribution in [0.2, 0.25) is 0 Å². The summed E-state index contributed by atoms with van der Waals surface area (Å²) in [4.78, 5) is 0. The lowest BCUT2D eigenvalue weighted by atomic mass is 9.84. The van der Waals surface area contributed by atoms with Crippen LogP contribution in [0.4, 0.5) is 0 Å². The second-order valence-electron chi connectivity index (χ2n) is 6.27. The molecule has 0 heterocycles. The van der Waals surface area contributed by atoms with Gasteiger partial charge in [0, 0.05) is 6.04 Å². The molecule has 0 aromatic heterocycles. The van der Waals surface area contributed by atoms with Crippen LogP contribution in [0.3, 0.4) is 0 Å². The van der Waals surface area contributed by atoms with E-state index in [0.29, 0.717) is 6.04 Å². The second kappa shape index (κ2) is 9.09. The molecule has 2 heteroatoms. The molecule has 1 atom stereocenters. The predicted molar refractivity (Wildman–Crippen MR) is 90.0 cm³/mol. The smallest absolute Gasteiger partial charge is 0.119 e. The van der Waals surface area contributed by atoms with E-state index in [2.05, 4.69) is 43.4 Å². The Hall–Kier alpha value is -1.02. The molecule has 1 aromatic carbocycles. The summed E-state index contributed by atoms with van der Waals surface area (Å²) in [5.74, 6) is 1.80. The molecular weight excluding hydrogens is 258 g/mol. The lowest BCUT2D eigenvalue weighted by Gasteiger charge is -2.31. The Morgan fingerprint density at radius 3 is 2.43 bits per heavy atom. The molecule has 1 aromatic rings. The van der Waals surface area contributed by atoms with Gasteiger partial charge in [-0.2, -0.15) is 0 Å². The van der Waals surface area contributed by atoms with Gasteiger partial charge in [0.05, 0.1) is 0 Å². The van der Waals surface area contributed by atoms with Crippen LogP contribution in [0.15, 0.2) is 24.3 Å². The number of nitrogens with one attached hydrogen (secondary N) is 1. The molecule has 21 heavy (non-hydrogen) atoms. The first-order valence-corrected chi connectivity index (χ1v) is 8.78. The van der Waals surface area contributed by atoms with Gasteiger partial charge in [-0.05, 0) is 55.8 Å². The monoisotopic (exact) mass is 289 g/mol. The number of benzene rings is 1. The fourth-order valence-electron chi connectivity index (χ4n) is 3.24. The number of rotatable bonds is 8. The van der Waals surface area contributed by atoms with Crippen molar-refractivity contribution in [2.24, 2.45) is 5.92 Å². The quantitative estimate of drug-likeness (QED) is 0.756. The maximum Gasteiger partial charge on any atom is 0.119 e. The Kier molecular flexibility index (Phi) is 7.08. The minimum absolute atomic E-state index is 0.510. The Bertz CT molecular complexity index is 381. The highest BCUT2D eigenvalue weighted by molar-refractivity contribution is 5.27. The third-order valence-corrected chi connectivity index (χ3v) is 4.64. The lowest BCUT2D eigenvalue weighted by molar-refractivity contribution is 0.186. The van der Waals surface area contributed by atoms with Crippen LogP contribution in [0.25, 0.3) is 0 Å². The van der Waals surface area contributed by atoms with Crippen LogP contribution >= 0.6 is 0 Å². The van der Waals surface area contributed by atoms with Gasteiger partial charge < -0.3 is 10.1 Å². The third-order valence-electron chi connectivity index (χ3n) is 4.64. The first-order valence-electron chi connectivity index (χ1n) is 8.78. The highest BCUT2D eigenvalue weighted by Gasteiger charge is 2.23. The Labute approximate surface area is 130 Å². The van der Waals surface area contributed by atoms with Gasteiger partial charge in [0.2, 0.25) is 0 Å². The molecule has 2 rings (SSSR count). The first-order chi connectivity index (χ1) is 10.3. The van der Waals surface area contributed by atoms with Crippen LogP contribution < -0.4 is 10.1 Å². The standard InChI is InChI=1S/C19H31NO/c1-3-14-20-19(17-8-6-5-7-9-17)15-21-18-12-10-16(4-2)11-13-18/h10-13,17,19-20H,3-9,14-15H2,1-2H3. The zero-order valence-electron chi connectivity index (χ0n) is 13.7. The van der Waals surface area contributed by atoms with Crippen molar-refractivity contribution in [1.29, 1.82) is 0 Å². The molecule has 1 fully saturated rings. The summed E-state index contributed by atoms with van der Waals surface area (Å²) >= 11 is 0. The fraction of sp³-hybridized carbons (Fsp3) is 0.684. The van der Waals surface area contributed by atoms with E-state index in [1.54, 1.807) is 0 Å². The number of hydrogen-bond acceptors (Lipinski definition) is 2. The zero-order valence-corrected chi connectivity index (χ0v) is 13.7. The van der Waals surface area contributed by atoms with E-state index >= 15 is 0 Å². The van der Waals surface area contributed by atoms with E-state index in [1.165, 1.54) is 44.1 Å². The van der Waals surface area contributed by atoms with Crippen LogP contribution in [-0.2, 0) is 6.42 Å². The van der Waals surface area contributed by atoms with Crippen molar-refractivity contribution in [3.8, 4) is 5.75 Å². The van der Waals surface area contributed by atoms with Crippen molar-refractivity contribution >= 4 is 0 Å². The van der Waals surface area contributed by atoms with Gasteiger partial charge in [0.25, 0.3) is 0 Å². The molecule has 0 spiro atoms. The zero-order chi connectivity index (χ0) is 14.9. The number of aryl methyl sites for hydroxylation is 1. The molecule has 0 amide bonds. The van der Waals surface area contributed by atoms with E-state index in [4.69, 9.17) is 4.74 Å². The minimum atomic E-state index is 0.510. The first kappa shape index (κ1) is 16.4. The van der Waals surface area contributed by atoms with E-state index in [1.807, 2.05) is 0 Å². The molecule has 118 valence electrons. The summed E-state index contributed by atoms with van der Waals surface area (Å²) in [6, 6.07) is 9.07. The van der Waals surface area contributed by atoms with Gasteiger partial charge in [0.1, 0.15) is 12.4 Å². The van der Waals surface area contributed by atoms with E-state index in [0.717, 1.165) is 31.2 Å². The molecular formula is C19H31NO. The molecule has 0 aliphatic heterocycles. The van der Waals surface area contributed by atoms with Crippen molar-refractivity contribution in [3.63, 3.8) is 0 Å². The minimum Gasteiger partial charge on any atom is -0.492 e. The topological polar surface area (TPSA) is 21.3 Å². The average Bonchev–Trinajstić information content (AvgIpc) is 2.56. The van der Waals surface area contributed by atoms with Crippen molar-refractivity contribution in [3.05, 3.63) is 29.8 Å². The fourth-order valence-corrected chi connectivity index (χ4v) is 3.24. The summed E-state index contributed by atoms with van der Waals surface area (Å²) in [6.07, 6.45) is 9.19. The summed E-state index contributed by atoms with van der Waals surface area (Å²) < 4.78 is 6.06. The molecule has 1 unspecified atom stereocenters. The van der Waals surface area contributed by atoms with E-state index in [-0.39, 0.29) is 0 Å². The molecule has 1 saturated carbocycles. The van der Waals surface area contributed by atoms with Crippen molar-refractivity contribution < 1.29 is 4.74 Å². The maximum absolute atomic E-state index is 6.06. The molecule has 0 bridgehead atoms. The van der Waals surface area contributed by atoms with Gasteiger partial charge in [-0.3, -0.25) is 0 Å². The molecule has 1 aliphatic carbocycles. The third kappa shape index (κ3) is 5.35. The van der Waals surface area contributed by atoms with Crippen molar-refractivity contribution in [1.82, 2.24) is 5.32 Å². The molecule has 0 saturated heterocycles. The Balaban J connectivity index is 1.87. The van der Waals surface area contributed by atoms with Gasteiger partial charge in [-0.1, -0.05) is 45.2 Å². The van der Waals surface area contributed by atoms with E-state index in [9.17, 15) is 0 Å². The maximum atomic E-state index is 6.06. The molecule has 1 aliphatic rings. The molecule has 0 radical (unpaired) electrons. The predicted octanol–water partition coefficient (Wildman–Crippen LogP) is 4.58. The molecule has 1 N–H and O–H groups in total. The summed E-state index contributed by atoms with van der Waals surface area (Å²) in [6.45, 7) is 6.31. The normalized spacial score (nSPS) is 17.6. The van der Waals surface area contributed by atoms with Gasteiger partial charge >= 0.3 is 0 Å². The average molecular weight is 289 g/mol. The Morgan fingerprint density at radius 2 is 1.81 bits per heavy atom. The lowest BCUT2D eigenvalue weighted by Crippen LogP contribution is -2.42. The SMILES string of the molecule is CCCNC(COc1ccc(CC)cc1)C1CCCCC1. The summed E-state index contributed by atoms with van der Waals surface area (Å²) in [5, 5.41) is 3.71. The second-order valence-corrected chi connectivity index (χ2v) is 6.27. The summed E-state index contributed by atoms with van der Waals surface area (Å²) in [7, 11) is 0. The Morgan fingerprint density at radius 1 is 1.10 bits per heavy atom. The van der Waals surface area contributed by atoms with Crippen LogP contribution in [-0.4, -0.2) is 19.2 Å².